The summed E-state index contributed by atoms with van der Waals surface area (Å²) in [6, 6.07) is 1.71. The fourth-order valence-corrected chi connectivity index (χ4v) is 1.38. The lowest BCUT2D eigenvalue weighted by Crippen LogP contribution is -2.42. The Balaban J connectivity index is 2.57. The Bertz CT molecular complexity index is 267. The van der Waals surface area contributed by atoms with Crippen molar-refractivity contribution >= 4 is 5.91 Å². The van der Waals surface area contributed by atoms with Gasteiger partial charge in [-0.1, -0.05) is 6.58 Å². The van der Waals surface area contributed by atoms with E-state index in [1.54, 1.807) is 6.07 Å². The van der Waals surface area contributed by atoms with Crippen LogP contribution in [-0.4, -0.2) is 35.1 Å². The molecule has 1 N–H and O–H groups in total. The smallest absolute Gasteiger partial charge is 0.263 e. The Kier molecular flexibility index (Phi) is 3.04. The molecule has 4 heteroatoms. The fourth-order valence-electron chi connectivity index (χ4n) is 1.38. The molecule has 0 saturated carbocycles. The minimum Gasteiger partial charge on any atom is -0.391 e. The van der Waals surface area contributed by atoms with E-state index in [1.165, 1.54) is 4.90 Å². The van der Waals surface area contributed by atoms with Gasteiger partial charge in [0, 0.05) is 13.1 Å². The second-order valence-electron chi connectivity index (χ2n) is 3.14. The summed E-state index contributed by atoms with van der Waals surface area (Å²) < 4.78 is 0. The highest BCUT2D eigenvalue weighted by Crippen LogP contribution is 2.11. The number of aliphatic hydroxyl groups is 1. The van der Waals surface area contributed by atoms with Crippen LogP contribution in [0.25, 0.3) is 0 Å². The van der Waals surface area contributed by atoms with E-state index in [9.17, 15) is 9.90 Å². The molecule has 1 fully saturated rings. The first-order valence-electron chi connectivity index (χ1n) is 4.21. The number of carbonyl (C=O) groups is 1. The third-order valence-electron chi connectivity index (χ3n) is 2.08. The van der Waals surface area contributed by atoms with Gasteiger partial charge in [-0.15, -0.1) is 0 Å². The fraction of sp³-hybridized carbons (Fsp3) is 0.556. The van der Waals surface area contributed by atoms with Crippen LogP contribution in [0.4, 0.5) is 0 Å². The lowest BCUT2D eigenvalue weighted by molar-refractivity contribution is -0.129. The molecule has 1 heterocycles. The van der Waals surface area contributed by atoms with E-state index in [2.05, 4.69) is 6.58 Å². The second kappa shape index (κ2) is 4.06. The van der Waals surface area contributed by atoms with Crippen molar-refractivity contribution in [3.63, 3.8) is 0 Å². The van der Waals surface area contributed by atoms with Crippen molar-refractivity contribution in [2.45, 2.75) is 18.9 Å². The number of piperidine rings is 1. The minimum absolute atomic E-state index is 0.0610. The zero-order valence-electron chi connectivity index (χ0n) is 7.36. The first-order chi connectivity index (χ1) is 6.15. The molecule has 0 radical (unpaired) electrons. The molecule has 1 atom stereocenters. The normalized spacial score (nSPS) is 22.2. The van der Waals surface area contributed by atoms with Crippen molar-refractivity contribution in [2.24, 2.45) is 0 Å². The number of hydrogen-bond donors (Lipinski definition) is 1. The topological polar surface area (TPSA) is 64.3 Å². The van der Waals surface area contributed by atoms with Gasteiger partial charge in [-0.05, 0) is 12.8 Å². The highest BCUT2D eigenvalue weighted by atomic mass is 16.3. The van der Waals surface area contributed by atoms with Gasteiger partial charge in [0.1, 0.15) is 11.6 Å². The van der Waals surface area contributed by atoms with Gasteiger partial charge in [-0.3, -0.25) is 4.79 Å². The third kappa shape index (κ3) is 2.30. The maximum Gasteiger partial charge on any atom is 0.263 e. The van der Waals surface area contributed by atoms with Crippen LogP contribution >= 0.6 is 0 Å². The van der Waals surface area contributed by atoms with Crippen molar-refractivity contribution in [3.8, 4) is 6.07 Å². The van der Waals surface area contributed by atoms with Gasteiger partial charge in [0.25, 0.3) is 5.91 Å². The minimum atomic E-state index is -0.454. The maximum atomic E-state index is 11.4. The van der Waals surface area contributed by atoms with Gasteiger partial charge < -0.3 is 10.0 Å². The first kappa shape index (κ1) is 9.75. The number of nitrogens with zero attached hydrogens (tertiary/aromatic N) is 2. The van der Waals surface area contributed by atoms with Gasteiger partial charge in [0.05, 0.1) is 6.10 Å². The molecule has 0 unspecified atom stereocenters. The Morgan fingerprint density at radius 3 is 2.92 bits per heavy atom. The molecule has 0 bridgehead atoms. The van der Waals surface area contributed by atoms with Gasteiger partial charge >= 0.3 is 0 Å². The molecule has 4 nitrogen and oxygen atoms in total. The highest BCUT2D eigenvalue weighted by Gasteiger charge is 2.23. The third-order valence-corrected chi connectivity index (χ3v) is 2.08. The number of rotatable bonds is 1. The van der Waals surface area contributed by atoms with Crippen LogP contribution in [-0.2, 0) is 4.79 Å². The van der Waals surface area contributed by atoms with Crippen LogP contribution in [0.15, 0.2) is 12.2 Å². The second-order valence-corrected chi connectivity index (χ2v) is 3.14. The van der Waals surface area contributed by atoms with Crippen LogP contribution in [0.2, 0.25) is 0 Å². The van der Waals surface area contributed by atoms with Crippen molar-refractivity contribution in [2.75, 3.05) is 13.1 Å². The number of likely N-dealkylation sites (tertiary alicyclic amines) is 1. The number of β-amino-alcohol motifs (C(OH)–C–C–N with tert-alkyl or cyclic N) is 1. The van der Waals surface area contributed by atoms with Gasteiger partial charge in [-0.25, -0.2) is 0 Å². The molecule has 0 aromatic rings. The standard InChI is InChI=1S/C9H12N2O2/c1-7(5-10)9(13)11-4-2-3-8(12)6-11/h8,12H,1-4,6H2/t8-/m0/s1. The van der Waals surface area contributed by atoms with Crippen molar-refractivity contribution < 1.29 is 9.90 Å². The Morgan fingerprint density at radius 2 is 2.38 bits per heavy atom. The summed E-state index contributed by atoms with van der Waals surface area (Å²) in [6.07, 6.45) is 1.05. The van der Waals surface area contributed by atoms with E-state index in [4.69, 9.17) is 5.26 Å². The zero-order valence-corrected chi connectivity index (χ0v) is 7.36. The summed E-state index contributed by atoms with van der Waals surface area (Å²) in [4.78, 5) is 12.8. The van der Waals surface area contributed by atoms with Crippen LogP contribution in [0.3, 0.4) is 0 Å². The van der Waals surface area contributed by atoms with E-state index in [1.807, 2.05) is 0 Å². The maximum absolute atomic E-state index is 11.4. The average molecular weight is 180 g/mol. The zero-order chi connectivity index (χ0) is 9.84. The van der Waals surface area contributed by atoms with E-state index in [0.29, 0.717) is 13.1 Å². The molecular weight excluding hydrogens is 168 g/mol. The number of carbonyl (C=O) groups excluding carboxylic acids is 1. The van der Waals surface area contributed by atoms with Gasteiger partial charge in [0.15, 0.2) is 0 Å². The molecule has 70 valence electrons. The Hall–Kier alpha value is -1.34. The summed E-state index contributed by atoms with van der Waals surface area (Å²) in [5.74, 6) is -0.360. The number of nitriles is 1. The molecule has 0 aromatic carbocycles. The number of aliphatic hydroxyl groups excluding tert-OH is 1. The monoisotopic (exact) mass is 180 g/mol. The lowest BCUT2D eigenvalue weighted by Gasteiger charge is -2.29. The summed E-state index contributed by atoms with van der Waals surface area (Å²) in [6.45, 7) is 4.27. The van der Waals surface area contributed by atoms with Crippen LogP contribution < -0.4 is 0 Å². The lowest BCUT2D eigenvalue weighted by atomic mass is 10.1. The van der Waals surface area contributed by atoms with Crippen molar-refractivity contribution in [3.05, 3.63) is 12.2 Å². The van der Waals surface area contributed by atoms with E-state index >= 15 is 0 Å². The van der Waals surface area contributed by atoms with E-state index < -0.39 is 6.10 Å². The van der Waals surface area contributed by atoms with E-state index in [-0.39, 0.29) is 11.5 Å². The Morgan fingerprint density at radius 1 is 1.69 bits per heavy atom. The molecule has 1 amide bonds. The van der Waals surface area contributed by atoms with Crippen molar-refractivity contribution in [1.82, 2.24) is 4.90 Å². The molecule has 0 aromatic heterocycles. The molecule has 13 heavy (non-hydrogen) atoms. The predicted octanol–water partition coefficient (Wildman–Crippen LogP) is 0.0495. The molecule has 1 rings (SSSR count). The molecule has 1 aliphatic heterocycles. The first-order valence-corrected chi connectivity index (χ1v) is 4.21. The molecule has 0 spiro atoms. The SMILES string of the molecule is C=C(C#N)C(=O)N1CCC[C@H](O)C1. The summed E-state index contributed by atoms with van der Waals surface area (Å²) >= 11 is 0. The van der Waals surface area contributed by atoms with Crippen LogP contribution in [0.5, 0.6) is 0 Å². The summed E-state index contributed by atoms with van der Waals surface area (Å²) in [5, 5.41) is 17.7. The molecule has 0 aliphatic carbocycles. The van der Waals surface area contributed by atoms with Gasteiger partial charge in [0.2, 0.25) is 0 Å². The van der Waals surface area contributed by atoms with E-state index in [0.717, 1.165) is 12.8 Å². The number of hydrogen-bond acceptors (Lipinski definition) is 3. The van der Waals surface area contributed by atoms with Gasteiger partial charge in [-0.2, -0.15) is 5.26 Å². The largest absolute Gasteiger partial charge is 0.391 e. The summed E-state index contributed by atoms with van der Waals surface area (Å²) in [7, 11) is 0. The highest BCUT2D eigenvalue weighted by molar-refractivity contribution is 5.96. The van der Waals surface area contributed by atoms with Crippen LogP contribution in [0, 0.1) is 11.3 Å². The molecular formula is C9H12N2O2. The summed E-state index contributed by atoms with van der Waals surface area (Å²) in [5.41, 5.74) is -0.0610. The van der Waals surface area contributed by atoms with Crippen molar-refractivity contribution in [1.29, 1.82) is 5.26 Å². The van der Waals surface area contributed by atoms with Crippen LogP contribution in [0.1, 0.15) is 12.8 Å². The number of amides is 1. The average Bonchev–Trinajstić information content (AvgIpc) is 2.15. The molecule has 1 saturated heterocycles. The quantitative estimate of drug-likeness (QED) is 0.458. The Labute approximate surface area is 77.1 Å². The molecule has 1 aliphatic rings. The predicted molar refractivity (Wildman–Crippen MR) is 46.6 cm³/mol.